The fourth-order valence-electron chi connectivity index (χ4n) is 4.42. The number of anilines is 1. The van der Waals surface area contributed by atoms with Crippen molar-refractivity contribution in [3.8, 4) is 16.9 Å². The van der Waals surface area contributed by atoms with Crippen molar-refractivity contribution in [2.45, 2.75) is 27.3 Å². The van der Waals surface area contributed by atoms with Gasteiger partial charge in [-0.05, 0) is 68.8 Å². The minimum Gasteiger partial charge on any atom is -0.495 e. The van der Waals surface area contributed by atoms with Crippen LogP contribution in [-0.4, -0.2) is 68.2 Å². The predicted molar refractivity (Wildman–Crippen MR) is 179 cm³/mol. The van der Waals surface area contributed by atoms with Crippen LogP contribution in [0.15, 0.2) is 71.0 Å². The maximum Gasteiger partial charge on any atom is 0.355 e. The van der Waals surface area contributed by atoms with Gasteiger partial charge in [0, 0.05) is 52.5 Å². The van der Waals surface area contributed by atoms with E-state index in [-0.39, 0.29) is 48.4 Å². The molecule has 0 saturated carbocycles. The summed E-state index contributed by atoms with van der Waals surface area (Å²) in [6.07, 6.45) is 1.39. The van der Waals surface area contributed by atoms with Gasteiger partial charge in [0.15, 0.2) is 18.1 Å². The summed E-state index contributed by atoms with van der Waals surface area (Å²) in [6.45, 7) is 5.34. The summed E-state index contributed by atoms with van der Waals surface area (Å²) in [5.41, 5.74) is 1.88. The van der Waals surface area contributed by atoms with Gasteiger partial charge in [0.05, 0.1) is 20.4 Å². The number of ketones is 1. The lowest BCUT2D eigenvalue weighted by atomic mass is 9.97. The number of ether oxygens (including phenoxy) is 5. The Hall–Kier alpha value is -5.40. The summed E-state index contributed by atoms with van der Waals surface area (Å²) in [7, 11) is 4.45. The highest BCUT2D eigenvalue weighted by atomic mass is 35.5. The second kappa shape index (κ2) is 17.5. The molecule has 1 amide bonds. The van der Waals surface area contributed by atoms with Crippen molar-refractivity contribution in [2.75, 3.05) is 39.9 Å². The Morgan fingerprint density at radius 1 is 1.00 bits per heavy atom. The number of esters is 1. The minimum atomic E-state index is -0.676. The number of amides is 1. The first-order chi connectivity index (χ1) is 22.9. The van der Waals surface area contributed by atoms with E-state index >= 15 is 0 Å². The molecular weight excluding hydrogens is 646 g/mol. The third-order valence-electron chi connectivity index (χ3n) is 6.89. The number of rotatable bonds is 13. The van der Waals surface area contributed by atoms with Gasteiger partial charge in [0.25, 0.3) is 12.0 Å². The quantitative estimate of drug-likeness (QED) is 0.0812. The van der Waals surface area contributed by atoms with Gasteiger partial charge in [-0.3, -0.25) is 19.2 Å². The van der Waals surface area contributed by atoms with Gasteiger partial charge in [-0.1, -0.05) is 11.6 Å². The highest BCUT2D eigenvalue weighted by molar-refractivity contribution is 6.31. The van der Waals surface area contributed by atoms with E-state index < -0.39 is 17.4 Å². The van der Waals surface area contributed by atoms with E-state index in [4.69, 9.17) is 30.5 Å². The molecule has 2 N–H and O–H groups in total. The Kier molecular flexibility index (Phi) is 13.5. The Balaban J connectivity index is 0.00000148. The number of pyridine rings is 1. The molecule has 0 saturated heterocycles. The molecule has 0 bridgehead atoms. The molecule has 4 aromatic rings. The maximum absolute atomic E-state index is 13.0. The molecule has 0 radical (unpaired) electrons. The van der Waals surface area contributed by atoms with Crippen molar-refractivity contribution >= 4 is 52.3 Å². The molecule has 0 fully saturated rings. The number of hydrogen-bond acceptors (Lipinski definition) is 10. The maximum atomic E-state index is 13.0. The zero-order valence-corrected chi connectivity index (χ0v) is 28.1. The molecule has 2 aromatic heterocycles. The molecule has 0 aliphatic rings. The lowest BCUT2D eigenvalue weighted by molar-refractivity contribution is -0.125. The van der Waals surface area contributed by atoms with Gasteiger partial charge < -0.3 is 38.6 Å². The van der Waals surface area contributed by atoms with Crippen LogP contribution in [0, 0.1) is 0 Å². The second-order valence-electron chi connectivity index (χ2n) is 10.1. The molecule has 48 heavy (non-hydrogen) atoms. The Labute approximate surface area is 281 Å². The summed E-state index contributed by atoms with van der Waals surface area (Å²) in [6, 6.07) is 12.5. The number of methoxy groups -OCH3 is 3. The first-order valence-electron chi connectivity index (χ1n) is 14.5. The van der Waals surface area contributed by atoms with Gasteiger partial charge in [-0.15, -0.1) is 0 Å². The van der Waals surface area contributed by atoms with Crippen molar-refractivity contribution in [1.82, 2.24) is 9.55 Å². The number of H-pyrrole nitrogens is 1. The molecular formula is C34H36ClN3O10. The Bertz CT molecular complexity index is 1890. The number of halogens is 1. The molecule has 2 aromatic carbocycles. The molecule has 13 nitrogen and oxygen atoms in total. The molecule has 14 heteroatoms. The largest absolute Gasteiger partial charge is 0.495 e. The van der Waals surface area contributed by atoms with Crippen LogP contribution >= 0.6 is 11.6 Å². The van der Waals surface area contributed by atoms with Crippen LogP contribution in [0.25, 0.3) is 22.0 Å². The summed E-state index contributed by atoms with van der Waals surface area (Å²) in [4.78, 5) is 64.1. The topological polar surface area (TPSA) is 164 Å². The molecule has 0 spiro atoms. The molecule has 0 aliphatic carbocycles. The first-order valence-corrected chi connectivity index (χ1v) is 14.9. The average molecular weight is 682 g/mol. The molecule has 4 rings (SSSR count). The van der Waals surface area contributed by atoms with Crippen LogP contribution in [0.3, 0.4) is 0 Å². The van der Waals surface area contributed by atoms with Crippen molar-refractivity contribution in [3.05, 3.63) is 92.9 Å². The van der Waals surface area contributed by atoms with Crippen molar-refractivity contribution in [3.63, 3.8) is 0 Å². The van der Waals surface area contributed by atoms with Crippen LogP contribution in [-0.2, 0) is 35.1 Å². The number of aromatic amines is 1. The van der Waals surface area contributed by atoms with Gasteiger partial charge in [0.1, 0.15) is 23.7 Å². The Morgan fingerprint density at radius 2 is 1.73 bits per heavy atom. The number of allylic oxidation sites excluding steroid dienone is 1. The van der Waals surface area contributed by atoms with Crippen LogP contribution in [0.2, 0.25) is 5.02 Å². The second-order valence-corrected chi connectivity index (χ2v) is 10.5. The van der Waals surface area contributed by atoms with E-state index in [9.17, 15) is 24.0 Å². The monoisotopic (exact) mass is 681 g/mol. The minimum absolute atomic E-state index is 0.152. The number of aromatic nitrogens is 2. The summed E-state index contributed by atoms with van der Waals surface area (Å²) >= 11 is 6.15. The normalized spacial score (nSPS) is 11.1. The molecule has 2 heterocycles. The van der Waals surface area contributed by atoms with E-state index in [0.717, 1.165) is 6.61 Å². The van der Waals surface area contributed by atoms with Crippen molar-refractivity contribution in [1.29, 1.82) is 0 Å². The smallest absolute Gasteiger partial charge is 0.355 e. The van der Waals surface area contributed by atoms with E-state index in [1.807, 2.05) is 6.92 Å². The number of fused-ring (bicyclic) bond motifs is 1. The predicted octanol–water partition coefficient (Wildman–Crippen LogP) is 5.36. The number of nitrogens with zero attached hydrogens (tertiary/aromatic N) is 1. The molecule has 0 aliphatic heterocycles. The third kappa shape index (κ3) is 9.56. The SMILES string of the molecule is CCOC.CO/C(COC(=O)c1cc2cc(NC(=O)Cn3cc(OC)c(-c4cc(Cl)ccc4C(C)=O)cc3=O)ccc2[nH]1)=C(/C)OC=O. The fraction of sp³-hybridized carbons (Fsp3) is 0.265. The average Bonchev–Trinajstić information content (AvgIpc) is 3.49. The Morgan fingerprint density at radius 3 is 2.35 bits per heavy atom. The van der Waals surface area contributed by atoms with Crippen molar-refractivity contribution in [2.24, 2.45) is 0 Å². The van der Waals surface area contributed by atoms with Gasteiger partial charge in [-0.2, -0.15) is 0 Å². The first kappa shape index (κ1) is 37.1. The summed E-state index contributed by atoms with van der Waals surface area (Å²) in [5.74, 6) is -0.773. The standard InChI is InChI=1S/C31H28ClN3O9.C3H8O/c1-17(37)22-7-5-20(32)11-23(22)24-12-30(39)35(13-27(24)41-3)14-29(38)33-21-6-8-25-19(9-21)10-26(34-25)31(40)43-15-28(42-4)18(2)44-16-36;1-3-4-2/h5-13,16,34H,14-15H2,1-4H3,(H,33,38);3H2,1-2H3/b28-18-;. The number of hydrogen-bond donors (Lipinski definition) is 2. The lowest BCUT2D eigenvalue weighted by Gasteiger charge is -2.15. The highest BCUT2D eigenvalue weighted by Gasteiger charge is 2.18. The third-order valence-corrected chi connectivity index (χ3v) is 7.12. The van der Waals surface area contributed by atoms with E-state index in [1.54, 1.807) is 49.6 Å². The van der Waals surface area contributed by atoms with Crippen molar-refractivity contribution < 1.29 is 42.9 Å². The fourth-order valence-corrected chi connectivity index (χ4v) is 4.59. The highest BCUT2D eigenvalue weighted by Crippen LogP contribution is 2.33. The van der Waals surface area contributed by atoms with Crippen LogP contribution in [0.1, 0.15) is 41.6 Å². The summed E-state index contributed by atoms with van der Waals surface area (Å²) < 4.78 is 26.3. The summed E-state index contributed by atoms with van der Waals surface area (Å²) in [5, 5.41) is 3.74. The van der Waals surface area contributed by atoms with Crippen LogP contribution in [0.4, 0.5) is 5.69 Å². The van der Waals surface area contributed by atoms with Crippen LogP contribution in [0.5, 0.6) is 5.75 Å². The zero-order valence-electron chi connectivity index (χ0n) is 27.3. The van der Waals surface area contributed by atoms with E-state index in [2.05, 4.69) is 15.0 Å². The number of benzene rings is 2. The van der Waals surface area contributed by atoms with Gasteiger partial charge >= 0.3 is 5.97 Å². The number of carbonyl (C=O) groups is 4. The van der Waals surface area contributed by atoms with Crippen LogP contribution < -0.4 is 15.6 Å². The molecule has 254 valence electrons. The number of Topliss-reactive ketones (excluding diaryl/α,β-unsaturated/α-hetero) is 1. The lowest BCUT2D eigenvalue weighted by Crippen LogP contribution is -2.27. The van der Waals surface area contributed by atoms with Gasteiger partial charge in [0.2, 0.25) is 5.91 Å². The molecule has 0 unspecified atom stereocenters. The van der Waals surface area contributed by atoms with Gasteiger partial charge in [-0.25, -0.2) is 4.79 Å². The van der Waals surface area contributed by atoms with E-state index in [0.29, 0.717) is 38.3 Å². The molecule has 0 atom stereocenters. The number of nitrogens with one attached hydrogen (secondary N) is 2. The number of carbonyl (C=O) groups excluding carboxylic acids is 4. The van der Waals surface area contributed by atoms with E-state index in [1.165, 1.54) is 44.9 Å². The zero-order chi connectivity index (χ0) is 35.4.